The van der Waals surface area contributed by atoms with Crippen LogP contribution >= 0.6 is 11.8 Å². The number of hydrogen-bond acceptors (Lipinski definition) is 8. The Morgan fingerprint density at radius 1 is 1.16 bits per heavy atom. The first-order valence-electron chi connectivity index (χ1n) is 16.3. The van der Waals surface area contributed by atoms with Gasteiger partial charge in [-0.3, -0.25) is 14.4 Å². The molecule has 0 saturated carbocycles. The average molecular weight is 646 g/mol. The molecule has 1 heterocycles. The van der Waals surface area contributed by atoms with Crippen molar-refractivity contribution in [3.63, 3.8) is 0 Å². The van der Waals surface area contributed by atoms with Gasteiger partial charge in [-0.2, -0.15) is 17.0 Å². The molecule has 10 nitrogen and oxygen atoms in total. The fourth-order valence-electron chi connectivity index (χ4n) is 4.60. The van der Waals surface area contributed by atoms with Crippen LogP contribution in [0.2, 0.25) is 0 Å². The highest BCUT2D eigenvalue weighted by Crippen LogP contribution is 2.17. The van der Waals surface area contributed by atoms with E-state index in [-0.39, 0.29) is 23.0 Å². The lowest BCUT2D eigenvalue weighted by atomic mass is 10.1. The van der Waals surface area contributed by atoms with E-state index in [9.17, 15) is 14.4 Å². The van der Waals surface area contributed by atoms with E-state index in [4.69, 9.17) is 5.26 Å². The third-order valence-corrected chi connectivity index (χ3v) is 8.21. The predicted octanol–water partition coefficient (Wildman–Crippen LogP) is 5.11. The molecule has 1 unspecified atom stereocenters. The van der Waals surface area contributed by atoms with Gasteiger partial charge in [0.15, 0.2) is 0 Å². The summed E-state index contributed by atoms with van der Waals surface area (Å²) in [5.74, 6) is 0.262. The molecular weight excluding hydrogens is 586 g/mol. The molecule has 2 rings (SSSR count). The number of anilines is 2. The number of thioether (sulfide) groups is 1. The van der Waals surface area contributed by atoms with Gasteiger partial charge in [0.1, 0.15) is 0 Å². The average Bonchev–Trinajstić information content (AvgIpc) is 3.03. The van der Waals surface area contributed by atoms with Crippen molar-refractivity contribution in [3.8, 4) is 6.07 Å². The summed E-state index contributed by atoms with van der Waals surface area (Å²) in [6, 6.07) is 9.93. The van der Waals surface area contributed by atoms with Crippen LogP contribution in [-0.4, -0.2) is 97.9 Å². The number of nitrogens with zero attached hydrogens (tertiary/aromatic N) is 3. The molecule has 4 N–H and O–H groups in total. The molecule has 1 aliphatic heterocycles. The molecule has 11 heteroatoms. The minimum atomic E-state index is -0.00242. The van der Waals surface area contributed by atoms with Gasteiger partial charge >= 0.3 is 0 Å². The zero-order valence-corrected chi connectivity index (χ0v) is 29.4. The number of nitriles is 1. The smallest absolute Gasteiger partial charge is 0.233 e. The minimum absolute atomic E-state index is 0.00242. The summed E-state index contributed by atoms with van der Waals surface area (Å²) in [6.45, 7) is 17.4. The second-order valence-electron chi connectivity index (χ2n) is 11.0. The van der Waals surface area contributed by atoms with Gasteiger partial charge in [-0.25, -0.2) is 0 Å². The van der Waals surface area contributed by atoms with E-state index in [0.29, 0.717) is 19.0 Å². The molecule has 254 valence electrons. The lowest BCUT2D eigenvalue weighted by Crippen LogP contribution is -2.42. The first-order chi connectivity index (χ1) is 21.6. The predicted molar refractivity (Wildman–Crippen MR) is 191 cm³/mol. The number of rotatable bonds is 17. The van der Waals surface area contributed by atoms with Crippen LogP contribution in [0, 0.1) is 11.3 Å². The molecule has 1 fully saturated rings. The number of carbonyl (C=O) groups is 3. The first kappa shape index (κ1) is 41.9. The number of piperidine rings is 1. The fraction of sp³-hybridized carbons (Fsp3) is 0.647. The molecule has 45 heavy (non-hydrogen) atoms. The van der Waals surface area contributed by atoms with E-state index in [2.05, 4.69) is 58.5 Å². The van der Waals surface area contributed by atoms with Gasteiger partial charge in [-0.05, 0) is 96.7 Å². The second kappa shape index (κ2) is 27.3. The van der Waals surface area contributed by atoms with Crippen molar-refractivity contribution in [1.29, 1.82) is 5.26 Å². The van der Waals surface area contributed by atoms with Crippen LogP contribution in [0.25, 0.3) is 0 Å². The number of likely N-dealkylation sites (tertiary alicyclic amines) is 1. The number of allylic oxidation sites excluding steroid dienone is 1. The minimum Gasteiger partial charge on any atom is -0.385 e. The SMILES string of the molecule is C=CC#N.CC(=O)NC1CCN(C)CC1.CCCCN(CC)CCC(=O)Nc1cccc(NCCCC(SC)C(=O)NCC)c1. The topological polar surface area (TPSA) is 130 Å². The Balaban J connectivity index is 0.00000105. The van der Waals surface area contributed by atoms with Crippen LogP contribution in [0.15, 0.2) is 36.9 Å². The van der Waals surface area contributed by atoms with Crippen molar-refractivity contribution < 1.29 is 14.4 Å². The maximum atomic E-state index is 12.3. The molecule has 0 aliphatic carbocycles. The summed E-state index contributed by atoms with van der Waals surface area (Å²) in [4.78, 5) is 39.5. The molecule has 1 aliphatic rings. The Morgan fingerprint density at radius 3 is 2.38 bits per heavy atom. The maximum absolute atomic E-state index is 12.3. The molecule has 0 aromatic heterocycles. The van der Waals surface area contributed by atoms with Crippen LogP contribution in [0.5, 0.6) is 0 Å². The van der Waals surface area contributed by atoms with E-state index in [1.165, 1.54) is 18.9 Å². The molecule has 1 atom stereocenters. The molecule has 0 spiro atoms. The van der Waals surface area contributed by atoms with Gasteiger partial charge in [-0.15, -0.1) is 0 Å². The van der Waals surface area contributed by atoms with Crippen LogP contribution in [-0.2, 0) is 14.4 Å². The van der Waals surface area contributed by atoms with Crippen LogP contribution < -0.4 is 21.3 Å². The maximum Gasteiger partial charge on any atom is 0.233 e. The Labute approximate surface area is 277 Å². The number of hydrogen-bond donors (Lipinski definition) is 4. The van der Waals surface area contributed by atoms with Gasteiger partial charge in [0.2, 0.25) is 17.7 Å². The molecule has 1 aromatic carbocycles. The zero-order valence-electron chi connectivity index (χ0n) is 28.6. The second-order valence-corrected chi connectivity index (χ2v) is 12.0. The van der Waals surface area contributed by atoms with Gasteiger partial charge in [0.25, 0.3) is 0 Å². The Kier molecular flexibility index (Phi) is 25.4. The third-order valence-electron chi connectivity index (χ3n) is 7.19. The van der Waals surface area contributed by atoms with E-state index >= 15 is 0 Å². The number of unbranched alkanes of at least 4 members (excludes halogenated alkanes) is 1. The summed E-state index contributed by atoms with van der Waals surface area (Å²) in [7, 11) is 2.12. The molecule has 1 saturated heterocycles. The summed E-state index contributed by atoms with van der Waals surface area (Å²) in [5.41, 5.74) is 1.79. The van der Waals surface area contributed by atoms with Crippen LogP contribution in [0.4, 0.5) is 11.4 Å². The van der Waals surface area contributed by atoms with Gasteiger partial charge in [0, 0.05) is 56.5 Å². The van der Waals surface area contributed by atoms with Crippen molar-refractivity contribution in [2.45, 2.75) is 83.9 Å². The van der Waals surface area contributed by atoms with E-state index in [0.717, 1.165) is 76.3 Å². The molecule has 0 radical (unpaired) electrons. The lowest BCUT2D eigenvalue weighted by molar-refractivity contribution is -0.121. The lowest BCUT2D eigenvalue weighted by Gasteiger charge is -2.29. The van der Waals surface area contributed by atoms with Crippen LogP contribution in [0.1, 0.15) is 72.6 Å². The number of carbonyl (C=O) groups excluding carboxylic acids is 3. The normalized spacial score (nSPS) is 13.6. The monoisotopic (exact) mass is 645 g/mol. The van der Waals surface area contributed by atoms with Gasteiger partial charge in [0.05, 0.1) is 11.3 Å². The first-order valence-corrected chi connectivity index (χ1v) is 17.5. The van der Waals surface area contributed by atoms with Crippen molar-refractivity contribution in [2.75, 3.05) is 69.8 Å². The fourth-order valence-corrected chi connectivity index (χ4v) is 5.30. The Bertz CT molecular complexity index is 1010. The summed E-state index contributed by atoms with van der Waals surface area (Å²) in [5, 5.41) is 19.7. The summed E-state index contributed by atoms with van der Waals surface area (Å²) in [6.07, 6.45) is 9.93. The highest BCUT2D eigenvalue weighted by Gasteiger charge is 2.17. The summed E-state index contributed by atoms with van der Waals surface area (Å²) >= 11 is 1.60. The summed E-state index contributed by atoms with van der Waals surface area (Å²) < 4.78 is 0. The van der Waals surface area contributed by atoms with Crippen LogP contribution in [0.3, 0.4) is 0 Å². The molecule has 1 aromatic rings. The van der Waals surface area contributed by atoms with E-state index in [1.54, 1.807) is 24.8 Å². The molecule has 0 bridgehead atoms. The number of nitrogens with one attached hydrogen (secondary N) is 4. The third kappa shape index (κ3) is 22.1. The highest BCUT2D eigenvalue weighted by atomic mass is 32.2. The zero-order chi connectivity index (χ0) is 33.9. The molecule has 3 amide bonds. The number of amides is 3. The van der Waals surface area contributed by atoms with Crippen molar-refractivity contribution in [2.24, 2.45) is 0 Å². The largest absolute Gasteiger partial charge is 0.385 e. The standard InChI is InChI=1S/C23H40N4O2S.C8H16N2O.C3H3N/c1-5-8-16-27(7-3)17-14-22(28)26-20-12-9-11-19(18-20)25-15-10-13-21(30-4)23(29)24-6-2;1-7(11)9-8-3-5-10(2)6-4-8;1-2-3-4/h9,11-12,18,21,25H,5-8,10,13-17H2,1-4H3,(H,24,29)(H,26,28);8H,3-6H2,1-2H3,(H,9,11);2H,1H2. The Morgan fingerprint density at radius 2 is 1.82 bits per heavy atom. The van der Waals surface area contributed by atoms with Gasteiger partial charge < -0.3 is 31.1 Å². The quantitative estimate of drug-likeness (QED) is 0.136. The van der Waals surface area contributed by atoms with Crippen molar-refractivity contribution in [1.82, 2.24) is 20.4 Å². The van der Waals surface area contributed by atoms with Crippen molar-refractivity contribution >= 4 is 40.9 Å². The van der Waals surface area contributed by atoms with Crippen molar-refractivity contribution in [3.05, 3.63) is 36.9 Å². The highest BCUT2D eigenvalue weighted by molar-refractivity contribution is 7.99. The van der Waals surface area contributed by atoms with Gasteiger partial charge in [-0.1, -0.05) is 32.9 Å². The van der Waals surface area contributed by atoms with E-state index in [1.807, 2.05) is 37.4 Å². The molecular formula is C34H59N7O3S. The van der Waals surface area contributed by atoms with E-state index < -0.39 is 0 Å². The number of benzene rings is 1. The Hall–Kier alpha value is -3.07.